The second kappa shape index (κ2) is 13.2. The van der Waals surface area contributed by atoms with E-state index in [-0.39, 0.29) is 23.5 Å². The maximum atomic E-state index is 14.6. The van der Waals surface area contributed by atoms with Gasteiger partial charge in [0.2, 0.25) is 0 Å². The highest BCUT2D eigenvalue weighted by Gasteiger charge is 2.29. The number of aromatic nitrogens is 3. The molecule has 1 saturated carbocycles. The number of quaternary nitrogens is 2. The molecule has 4 N–H and O–H groups in total. The van der Waals surface area contributed by atoms with Crippen molar-refractivity contribution in [3.05, 3.63) is 70.8 Å². The number of nitrogens with two attached hydrogens (primary N) is 2. The minimum absolute atomic E-state index is 0.0238. The lowest BCUT2D eigenvalue weighted by Gasteiger charge is -2.35. The molecule has 11 heteroatoms. The number of carbonyl (C=O) groups is 2. The Kier molecular flexibility index (Phi) is 8.99. The largest absolute Gasteiger partial charge is 0.484 e. The zero-order valence-electron chi connectivity index (χ0n) is 24.9. The van der Waals surface area contributed by atoms with Gasteiger partial charge in [-0.2, -0.15) is 0 Å². The minimum Gasteiger partial charge on any atom is -0.484 e. The average molecular weight is 592 g/mol. The SMILES string of the molecule is C[NH2+]Cc1cn(-c2cc(F)cc(C(=O)N3CCN(C(=O)c4ccc(O[C@H]5CC[NH2+]C5)c(C5CCCCC5)c4)CC3)c2)nn1. The van der Waals surface area contributed by atoms with Gasteiger partial charge >= 0.3 is 0 Å². The summed E-state index contributed by atoms with van der Waals surface area (Å²) >= 11 is 0. The number of hydrogen-bond acceptors (Lipinski definition) is 5. The van der Waals surface area contributed by atoms with Gasteiger partial charge in [-0.25, -0.2) is 9.07 Å². The van der Waals surface area contributed by atoms with Crippen molar-refractivity contribution < 1.29 is 29.3 Å². The molecule has 2 saturated heterocycles. The fourth-order valence-electron chi connectivity index (χ4n) is 6.57. The van der Waals surface area contributed by atoms with Crippen LogP contribution in [0.25, 0.3) is 5.69 Å². The number of hydrogen-bond donors (Lipinski definition) is 2. The summed E-state index contributed by atoms with van der Waals surface area (Å²) in [6, 6.07) is 10.2. The lowest BCUT2D eigenvalue weighted by Crippen LogP contribution is -2.81. The van der Waals surface area contributed by atoms with E-state index in [9.17, 15) is 14.0 Å². The van der Waals surface area contributed by atoms with Gasteiger partial charge in [0.25, 0.3) is 11.8 Å². The van der Waals surface area contributed by atoms with Crippen molar-refractivity contribution in [3.63, 3.8) is 0 Å². The molecule has 3 fully saturated rings. The van der Waals surface area contributed by atoms with Crippen LogP contribution in [0.3, 0.4) is 0 Å². The van der Waals surface area contributed by atoms with Gasteiger partial charge in [0.05, 0.1) is 25.5 Å². The van der Waals surface area contributed by atoms with Gasteiger partial charge in [0, 0.05) is 43.7 Å². The molecule has 0 spiro atoms. The highest BCUT2D eigenvalue weighted by molar-refractivity contribution is 5.96. The summed E-state index contributed by atoms with van der Waals surface area (Å²) in [5, 5.41) is 12.4. The Morgan fingerprint density at radius 2 is 1.72 bits per heavy atom. The van der Waals surface area contributed by atoms with Crippen LogP contribution in [-0.4, -0.2) is 89.0 Å². The molecular formula is C32H42FN7O3+2. The van der Waals surface area contributed by atoms with Crippen LogP contribution in [-0.2, 0) is 6.54 Å². The van der Waals surface area contributed by atoms with Crippen LogP contribution in [0.15, 0.2) is 42.6 Å². The molecule has 2 aliphatic heterocycles. The smallest absolute Gasteiger partial charge is 0.254 e. The van der Waals surface area contributed by atoms with E-state index < -0.39 is 5.82 Å². The third-order valence-corrected chi connectivity index (χ3v) is 8.92. The number of amides is 2. The van der Waals surface area contributed by atoms with Crippen molar-refractivity contribution in [1.82, 2.24) is 24.8 Å². The summed E-state index contributed by atoms with van der Waals surface area (Å²) in [7, 11) is 1.93. The van der Waals surface area contributed by atoms with Gasteiger partial charge < -0.3 is 25.2 Å². The molecule has 10 nitrogen and oxygen atoms in total. The van der Waals surface area contributed by atoms with Crippen LogP contribution in [0.5, 0.6) is 5.75 Å². The molecule has 2 amide bonds. The van der Waals surface area contributed by atoms with Gasteiger partial charge in [-0.3, -0.25) is 9.59 Å². The molecule has 6 rings (SSSR count). The highest BCUT2D eigenvalue weighted by atomic mass is 19.1. The first-order chi connectivity index (χ1) is 21.0. The normalized spacial score (nSPS) is 19.5. The van der Waals surface area contributed by atoms with E-state index >= 15 is 0 Å². The summed E-state index contributed by atoms with van der Waals surface area (Å²) in [5.74, 6) is 0.548. The summed E-state index contributed by atoms with van der Waals surface area (Å²) in [6.45, 7) is 4.32. The van der Waals surface area contributed by atoms with E-state index in [0.29, 0.717) is 49.9 Å². The van der Waals surface area contributed by atoms with Gasteiger partial charge in [0.1, 0.15) is 30.4 Å². The van der Waals surface area contributed by atoms with Gasteiger partial charge in [-0.05, 0) is 60.7 Å². The van der Waals surface area contributed by atoms with Crippen molar-refractivity contribution in [2.45, 2.75) is 57.1 Å². The second-order valence-corrected chi connectivity index (χ2v) is 12.0. The Balaban J connectivity index is 1.12. The van der Waals surface area contributed by atoms with Crippen molar-refractivity contribution in [3.8, 4) is 11.4 Å². The third kappa shape index (κ3) is 6.73. The van der Waals surface area contributed by atoms with E-state index in [1.165, 1.54) is 41.6 Å². The monoisotopic (exact) mass is 591 g/mol. The van der Waals surface area contributed by atoms with E-state index in [0.717, 1.165) is 43.8 Å². The van der Waals surface area contributed by atoms with Crippen molar-refractivity contribution in [2.75, 3.05) is 46.3 Å². The van der Waals surface area contributed by atoms with E-state index in [4.69, 9.17) is 4.74 Å². The topological polar surface area (TPSA) is 114 Å². The highest BCUT2D eigenvalue weighted by Crippen LogP contribution is 2.38. The van der Waals surface area contributed by atoms with Crippen molar-refractivity contribution in [2.24, 2.45) is 0 Å². The van der Waals surface area contributed by atoms with Crippen LogP contribution in [0.4, 0.5) is 4.39 Å². The summed E-state index contributed by atoms with van der Waals surface area (Å²) in [5.41, 5.74) is 3.30. The first-order valence-corrected chi connectivity index (χ1v) is 15.7. The molecular weight excluding hydrogens is 549 g/mol. The lowest BCUT2D eigenvalue weighted by molar-refractivity contribution is -0.643. The molecule has 3 aromatic rings. The molecule has 2 aromatic carbocycles. The van der Waals surface area contributed by atoms with Crippen molar-refractivity contribution >= 4 is 11.8 Å². The van der Waals surface area contributed by atoms with Gasteiger partial charge in [0.15, 0.2) is 6.10 Å². The summed E-state index contributed by atoms with van der Waals surface area (Å²) in [4.78, 5) is 30.5. The maximum absolute atomic E-state index is 14.6. The number of nitrogens with zero attached hydrogens (tertiary/aromatic N) is 5. The summed E-state index contributed by atoms with van der Waals surface area (Å²) in [6.07, 6.45) is 8.94. The van der Waals surface area contributed by atoms with Crippen LogP contribution in [0.1, 0.15) is 76.4 Å². The molecule has 0 radical (unpaired) electrons. The number of halogens is 1. The fraction of sp³-hybridized carbons (Fsp3) is 0.500. The van der Waals surface area contributed by atoms with Gasteiger partial charge in [-0.1, -0.05) is 24.5 Å². The molecule has 0 unspecified atom stereocenters. The third-order valence-electron chi connectivity index (χ3n) is 8.92. The molecule has 1 aromatic heterocycles. The molecule has 43 heavy (non-hydrogen) atoms. The Labute approximate surface area is 251 Å². The molecule has 1 aliphatic carbocycles. The molecule has 0 bridgehead atoms. The minimum atomic E-state index is -0.513. The zero-order chi connectivity index (χ0) is 29.8. The lowest BCUT2D eigenvalue weighted by atomic mass is 9.83. The summed E-state index contributed by atoms with van der Waals surface area (Å²) < 4.78 is 22.5. The molecule has 228 valence electrons. The van der Waals surface area contributed by atoms with Crippen molar-refractivity contribution in [1.29, 1.82) is 0 Å². The average Bonchev–Trinajstić information content (AvgIpc) is 3.74. The standard InChI is InChI=1S/C32H40FN7O3/c1-34-19-26-21-40(37-36-26)27-16-24(15-25(33)18-27)32(42)39-13-11-38(12-14-39)31(41)23-7-8-30(43-28-9-10-35-20-28)29(17-23)22-5-3-2-4-6-22/h7-8,15-18,21-22,28,34-35H,2-6,9-14,19-20H2,1H3/p+2/t28-/m0/s1. The number of ether oxygens (including phenoxy) is 1. The van der Waals surface area contributed by atoms with E-state index in [1.807, 2.05) is 29.4 Å². The predicted molar refractivity (Wildman–Crippen MR) is 158 cm³/mol. The molecule has 1 atom stereocenters. The Hall–Kier alpha value is -3.83. The molecule has 3 aliphatic rings. The fourth-order valence-corrected chi connectivity index (χ4v) is 6.57. The number of benzene rings is 2. The van der Waals surface area contributed by atoms with E-state index in [2.05, 4.69) is 21.7 Å². The van der Waals surface area contributed by atoms with Crippen LogP contribution < -0.4 is 15.4 Å². The first-order valence-electron chi connectivity index (χ1n) is 15.7. The number of rotatable bonds is 8. The maximum Gasteiger partial charge on any atom is 0.254 e. The zero-order valence-corrected chi connectivity index (χ0v) is 24.9. The van der Waals surface area contributed by atoms with Gasteiger partial charge in [-0.15, -0.1) is 5.10 Å². The Morgan fingerprint density at radius 1 is 0.977 bits per heavy atom. The predicted octanol–water partition coefficient (Wildman–Crippen LogP) is 1.46. The molecule has 3 heterocycles. The van der Waals surface area contributed by atoms with Crippen LogP contribution >= 0.6 is 0 Å². The first kappa shape index (κ1) is 29.3. The van der Waals surface area contributed by atoms with Crippen LogP contribution in [0, 0.1) is 5.82 Å². The number of piperazine rings is 1. The van der Waals surface area contributed by atoms with Crippen LogP contribution in [0.2, 0.25) is 0 Å². The Morgan fingerprint density at radius 3 is 2.42 bits per heavy atom. The van der Waals surface area contributed by atoms with E-state index in [1.54, 1.807) is 17.2 Å². The second-order valence-electron chi connectivity index (χ2n) is 12.0. The Bertz CT molecular complexity index is 1440. The number of carbonyl (C=O) groups excluding carboxylic acids is 2. The quantitative estimate of drug-likeness (QED) is 0.412.